The van der Waals surface area contributed by atoms with Crippen molar-refractivity contribution >= 4 is 16.0 Å². The van der Waals surface area contributed by atoms with Crippen LogP contribution in [0.4, 0.5) is 0 Å². The van der Waals surface area contributed by atoms with Gasteiger partial charge in [-0.15, -0.1) is 12.3 Å². The largest absolute Gasteiger partial charge is 0.495 e. The van der Waals surface area contributed by atoms with Crippen LogP contribution >= 0.6 is 0 Å². The van der Waals surface area contributed by atoms with Crippen LogP contribution in [0.1, 0.15) is 30.1 Å². The van der Waals surface area contributed by atoms with Crippen molar-refractivity contribution in [1.82, 2.24) is 4.72 Å². The Morgan fingerprint density at radius 3 is 2.67 bits per heavy atom. The lowest BCUT2D eigenvalue weighted by Gasteiger charge is -2.16. The zero-order valence-electron chi connectivity index (χ0n) is 11.8. The van der Waals surface area contributed by atoms with Gasteiger partial charge in [0.25, 0.3) is 0 Å². The molecule has 6 nitrogen and oxygen atoms in total. The monoisotopic (exact) mass is 311 g/mol. The summed E-state index contributed by atoms with van der Waals surface area (Å²) in [4.78, 5) is 10.8. The molecule has 1 aromatic carbocycles. The molecule has 1 rings (SSSR count). The van der Waals surface area contributed by atoms with Gasteiger partial charge in [-0.05, 0) is 24.6 Å². The lowest BCUT2D eigenvalue weighted by molar-refractivity contribution is 0.0696. The van der Waals surface area contributed by atoms with Crippen molar-refractivity contribution in [2.24, 2.45) is 0 Å². The van der Waals surface area contributed by atoms with E-state index in [9.17, 15) is 13.2 Å². The van der Waals surface area contributed by atoms with Crippen LogP contribution in [0.25, 0.3) is 0 Å². The number of carbonyl (C=O) groups is 1. The second kappa shape index (κ2) is 7.11. The van der Waals surface area contributed by atoms with Crippen molar-refractivity contribution in [3.8, 4) is 18.1 Å². The van der Waals surface area contributed by atoms with Gasteiger partial charge in [0, 0.05) is 12.5 Å². The van der Waals surface area contributed by atoms with Crippen LogP contribution in [0.2, 0.25) is 0 Å². The highest BCUT2D eigenvalue weighted by atomic mass is 32.2. The zero-order valence-corrected chi connectivity index (χ0v) is 12.6. The Labute approximate surface area is 124 Å². The van der Waals surface area contributed by atoms with Crippen molar-refractivity contribution in [2.45, 2.75) is 30.7 Å². The van der Waals surface area contributed by atoms with Gasteiger partial charge in [0.05, 0.1) is 12.7 Å². The van der Waals surface area contributed by atoms with E-state index in [1.165, 1.54) is 19.2 Å². The minimum Gasteiger partial charge on any atom is -0.495 e. The van der Waals surface area contributed by atoms with E-state index in [-0.39, 0.29) is 22.6 Å². The lowest BCUT2D eigenvalue weighted by Crippen LogP contribution is -2.34. The van der Waals surface area contributed by atoms with Gasteiger partial charge < -0.3 is 9.84 Å². The number of ether oxygens (including phenoxy) is 1. The van der Waals surface area contributed by atoms with E-state index in [1.807, 2.05) is 0 Å². The number of rotatable bonds is 7. The van der Waals surface area contributed by atoms with Crippen LogP contribution in [-0.4, -0.2) is 32.6 Å². The summed E-state index contributed by atoms with van der Waals surface area (Å²) in [6.45, 7) is 1.80. The number of hydrogen-bond donors (Lipinski definition) is 2. The number of aromatic carboxylic acids is 1. The summed E-state index contributed by atoms with van der Waals surface area (Å²) in [5.41, 5.74) is -0.138. The smallest absolute Gasteiger partial charge is 0.335 e. The average Bonchev–Trinajstić information content (AvgIpc) is 2.45. The van der Waals surface area contributed by atoms with Gasteiger partial charge in [-0.1, -0.05) is 6.92 Å². The van der Waals surface area contributed by atoms with E-state index in [0.29, 0.717) is 6.42 Å². The van der Waals surface area contributed by atoms with Crippen LogP contribution in [0, 0.1) is 12.3 Å². The molecule has 0 aliphatic rings. The fourth-order valence-corrected chi connectivity index (χ4v) is 3.23. The normalized spacial score (nSPS) is 12.4. The van der Waals surface area contributed by atoms with Crippen molar-refractivity contribution in [1.29, 1.82) is 0 Å². The molecule has 0 aromatic heterocycles. The number of nitrogens with one attached hydrogen (secondary N) is 1. The quantitative estimate of drug-likeness (QED) is 0.744. The van der Waals surface area contributed by atoms with Crippen LogP contribution < -0.4 is 9.46 Å². The molecule has 0 spiro atoms. The van der Waals surface area contributed by atoms with Gasteiger partial charge >= 0.3 is 5.97 Å². The molecule has 114 valence electrons. The average molecular weight is 311 g/mol. The highest BCUT2D eigenvalue weighted by molar-refractivity contribution is 7.89. The summed E-state index contributed by atoms with van der Waals surface area (Å²) < 4.78 is 32.2. The SMILES string of the molecule is C#CCC(CC)NS(=O)(=O)c1cc(C(=O)O)ccc1OC. The maximum absolute atomic E-state index is 12.4. The van der Waals surface area contributed by atoms with E-state index >= 15 is 0 Å². The Balaban J connectivity index is 3.26. The van der Waals surface area contributed by atoms with Crippen molar-refractivity contribution in [3.63, 3.8) is 0 Å². The fourth-order valence-electron chi connectivity index (χ4n) is 1.71. The number of carboxylic acid groups (broad SMARTS) is 1. The molecule has 1 aromatic rings. The van der Waals surface area contributed by atoms with Gasteiger partial charge in [0.15, 0.2) is 0 Å². The fraction of sp³-hybridized carbons (Fsp3) is 0.357. The molecule has 0 fully saturated rings. The van der Waals surface area contributed by atoms with E-state index in [2.05, 4.69) is 10.6 Å². The third-order valence-electron chi connectivity index (χ3n) is 2.88. The number of sulfonamides is 1. The summed E-state index contributed by atoms with van der Waals surface area (Å²) in [6.07, 6.45) is 5.96. The highest BCUT2D eigenvalue weighted by Gasteiger charge is 2.24. The second-order valence-electron chi connectivity index (χ2n) is 4.31. The molecule has 1 unspecified atom stereocenters. The first-order valence-electron chi connectivity index (χ1n) is 6.22. The second-order valence-corrected chi connectivity index (χ2v) is 5.99. The minimum atomic E-state index is -3.93. The maximum Gasteiger partial charge on any atom is 0.335 e. The van der Waals surface area contributed by atoms with Gasteiger partial charge in [0.2, 0.25) is 10.0 Å². The number of hydrogen-bond acceptors (Lipinski definition) is 4. The topological polar surface area (TPSA) is 92.7 Å². The Bertz CT molecular complexity index is 660. The summed E-state index contributed by atoms with van der Waals surface area (Å²) in [5, 5.41) is 8.97. The molecule has 0 radical (unpaired) electrons. The van der Waals surface area contributed by atoms with Gasteiger partial charge in [-0.3, -0.25) is 0 Å². The molecule has 0 aliphatic heterocycles. The van der Waals surface area contributed by atoms with Crippen LogP contribution in [0.5, 0.6) is 5.75 Å². The lowest BCUT2D eigenvalue weighted by atomic mass is 10.2. The molecular weight excluding hydrogens is 294 g/mol. The summed E-state index contributed by atoms with van der Waals surface area (Å²) >= 11 is 0. The first-order chi connectivity index (χ1) is 9.85. The summed E-state index contributed by atoms with van der Waals surface area (Å²) in [6, 6.07) is 3.23. The molecule has 0 amide bonds. The molecular formula is C14H17NO5S. The van der Waals surface area contributed by atoms with Crippen LogP contribution in [-0.2, 0) is 10.0 Å². The molecule has 2 N–H and O–H groups in total. The number of terminal acetylenes is 1. The summed E-state index contributed by atoms with van der Waals surface area (Å²) in [7, 11) is -2.61. The van der Waals surface area contributed by atoms with Crippen molar-refractivity contribution < 1.29 is 23.1 Å². The van der Waals surface area contributed by atoms with Gasteiger partial charge in [-0.25, -0.2) is 17.9 Å². The standard InChI is InChI=1S/C14H17NO5S/c1-4-6-11(5-2)15-21(18,19)13-9-10(14(16)17)7-8-12(13)20-3/h1,7-9,11,15H,5-6H2,2-3H3,(H,16,17). The first-order valence-corrected chi connectivity index (χ1v) is 7.71. The molecule has 0 saturated carbocycles. The Morgan fingerprint density at radius 2 is 2.19 bits per heavy atom. The van der Waals surface area contributed by atoms with E-state index in [4.69, 9.17) is 16.3 Å². The first kappa shape index (κ1) is 17.0. The number of methoxy groups -OCH3 is 1. The Hall–Kier alpha value is -2.04. The molecule has 0 heterocycles. The van der Waals surface area contributed by atoms with Crippen LogP contribution in [0.3, 0.4) is 0 Å². The third kappa shape index (κ3) is 4.21. The zero-order chi connectivity index (χ0) is 16.0. The van der Waals surface area contributed by atoms with Crippen LogP contribution in [0.15, 0.2) is 23.1 Å². The summed E-state index contributed by atoms with van der Waals surface area (Å²) in [5.74, 6) is 1.25. The van der Waals surface area contributed by atoms with Gasteiger partial charge in [-0.2, -0.15) is 0 Å². The van der Waals surface area contributed by atoms with E-state index in [1.54, 1.807) is 6.92 Å². The molecule has 0 bridgehead atoms. The Morgan fingerprint density at radius 1 is 1.52 bits per heavy atom. The van der Waals surface area contributed by atoms with Crippen molar-refractivity contribution in [2.75, 3.05) is 7.11 Å². The molecule has 0 aliphatic carbocycles. The Kier molecular flexibility index (Phi) is 5.76. The molecule has 21 heavy (non-hydrogen) atoms. The predicted octanol–water partition coefficient (Wildman–Crippen LogP) is 1.47. The minimum absolute atomic E-state index is 0.0723. The molecule has 1 atom stereocenters. The maximum atomic E-state index is 12.4. The van der Waals surface area contributed by atoms with Crippen molar-refractivity contribution in [3.05, 3.63) is 23.8 Å². The van der Waals surface area contributed by atoms with Gasteiger partial charge in [0.1, 0.15) is 10.6 Å². The highest BCUT2D eigenvalue weighted by Crippen LogP contribution is 2.25. The predicted molar refractivity (Wildman–Crippen MR) is 77.8 cm³/mol. The third-order valence-corrected chi connectivity index (χ3v) is 4.42. The number of benzene rings is 1. The molecule has 0 saturated heterocycles. The van der Waals surface area contributed by atoms with E-state index in [0.717, 1.165) is 6.07 Å². The van der Waals surface area contributed by atoms with E-state index < -0.39 is 22.0 Å². The molecule has 7 heteroatoms. The number of carboxylic acids is 1.